The average molecular weight is 607 g/mol. The highest BCUT2D eigenvalue weighted by atomic mass is 15.1. The highest BCUT2D eigenvalue weighted by molar-refractivity contribution is 6.95. The summed E-state index contributed by atoms with van der Waals surface area (Å²) in [4.78, 5) is 21.6. The third-order valence-corrected chi connectivity index (χ3v) is 9.37. The number of para-hydroxylation sites is 2. The number of hydrogen-bond donors (Lipinski definition) is 0. The second-order valence-corrected chi connectivity index (χ2v) is 15.1. The number of nitrogens with zero attached hydrogens (tertiary/aromatic N) is 6. The minimum atomic E-state index is -0.196. The molecular weight excluding hydrogens is 563 g/mol. The first-order valence-corrected chi connectivity index (χ1v) is 16.3. The van der Waals surface area contributed by atoms with Crippen LogP contribution in [0.5, 0.6) is 0 Å². The third kappa shape index (κ3) is 4.54. The highest BCUT2D eigenvalue weighted by Crippen LogP contribution is 2.29. The van der Waals surface area contributed by atoms with Crippen molar-refractivity contribution in [2.75, 3.05) is 0 Å². The van der Waals surface area contributed by atoms with Gasteiger partial charge in [-0.2, -0.15) is 0 Å². The Hall–Kier alpha value is -4.52. The zero-order chi connectivity index (χ0) is 32.9. The van der Waals surface area contributed by atoms with E-state index in [-0.39, 0.29) is 17.5 Å². The zero-order valence-corrected chi connectivity index (χ0v) is 29.0. The van der Waals surface area contributed by atoms with Crippen LogP contribution in [0.25, 0.3) is 33.1 Å². The number of aryl methyl sites for hydroxylation is 5. The summed E-state index contributed by atoms with van der Waals surface area (Å²) < 4.78 is 4.60. The van der Waals surface area contributed by atoms with E-state index in [0.717, 1.165) is 67.3 Å². The summed E-state index contributed by atoms with van der Waals surface area (Å²) in [7, 11) is 0. The van der Waals surface area contributed by atoms with Crippen LogP contribution in [-0.2, 0) is 10.8 Å². The standard InChI is InChI=1S/C39H43BN6/c1-22-20-23(2)31(24(3)21-22)40(32-25(4)45-34(43-32)27-16-12-14-18-29(27)41-36(45)38(6,7)8)33-26(5)46-35(44-33)28-17-13-15-19-30(28)42-37(46)39(9,10)11/h12-21H,1-11H3. The second-order valence-electron chi connectivity index (χ2n) is 15.1. The van der Waals surface area contributed by atoms with Crippen molar-refractivity contribution in [3.8, 4) is 0 Å². The van der Waals surface area contributed by atoms with Gasteiger partial charge in [-0.1, -0.05) is 100 Å². The maximum absolute atomic E-state index is 5.58. The summed E-state index contributed by atoms with van der Waals surface area (Å²) in [5.41, 5.74) is 12.7. The molecule has 0 amide bonds. The van der Waals surface area contributed by atoms with Gasteiger partial charge >= 0.3 is 0 Å². The van der Waals surface area contributed by atoms with Gasteiger partial charge in [0.05, 0.1) is 11.0 Å². The average Bonchev–Trinajstić information content (AvgIpc) is 3.50. The van der Waals surface area contributed by atoms with Crippen LogP contribution >= 0.6 is 0 Å². The summed E-state index contributed by atoms with van der Waals surface area (Å²) in [5, 5.41) is 2.11. The quantitative estimate of drug-likeness (QED) is 0.209. The zero-order valence-electron chi connectivity index (χ0n) is 29.0. The van der Waals surface area contributed by atoms with Crippen molar-refractivity contribution < 1.29 is 0 Å². The van der Waals surface area contributed by atoms with Gasteiger partial charge in [0.25, 0.3) is 6.71 Å². The van der Waals surface area contributed by atoms with Crippen LogP contribution < -0.4 is 16.6 Å². The molecule has 0 fully saturated rings. The fourth-order valence-corrected chi connectivity index (χ4v) is 7.37. The van der Waals surface area contributed by atoms with Gasteiger partial charge < -0.3 is 0 Å². The van der Waals surface area contributed by atoms with Crippen LogP contribution in [0.15, 0.2) is 60.7 Å². The Balaban J connectivity index is 1.66. The molecule has 0 aliphatic heterocycles. The predicted molar refractivity (Wildman–Crippen MR) is 193 cm³/mol. The van der Waals surface area contributed by atoms with Gasteiger partial charge in [-0.15, -0.1) is 0 Å². The Bertz CT molecular complexity index is 2180. The van der Waals surface area contributed by atoms with Gasteiger partial charge in [-0.05, 0) is 58.9 Å². The van der Waals surface area contributed by atoms with Crippen molar-refractivity contribution >= 4 is 56.5 Å². The molecule has 0 unspecified atom stereocenters. The molecule has 0 saturated heterocycles. The number of rotatable bonds is 3. The van der Waals surface area contributed by atoms with Crippen LogP contribution in [0.1, 0.15) is 81.3 Å². The summed E-state index contributed by atoms with van der Waals surface area (Å²) in [5.74, 6) is 2.01. The van der Waals surface area contributed by atoms with Crippen LogP contribution in [0.2, 0.25) is 0 Å². The lowest BCUT2D eigenvalue weighted by Crippen LogP contribution is -2.57. The first kappa shape index (κ1) is 30.2. The Morgan fingerprint density at radius 1 is 0.543 bits per heavy atom. The largest absolute Gasteiger partial charge is 0.293 e. The van der Waals surface area contributed by atoms with E-state index in [1.54, 1.807) is 0 Å². The molecule has 0 N–H and O–H groups in total. The second kappa shape index (κ2) is 10.2. The minimum Gasteiger partial charge on any atom is -0.285 e. The summed E-state index contributed by atoms with van der Waals surface area (Å²) >= 11 is 0. The van der Waals surface area contributed by atoms with Gasteiger partial charge in [0.2, 0.25) is 0 Å². The van der Waals surface area contributed by atoms with Crippen molar-refractivity contribution in [3.63, 3.8) is 0 Å². The molecule has 7 aromatic rings. The molecule has 7 heteroatoms. The van der Waals surface area contributed by atoms with Gasteiger partial charge in [0.15, 0.2) is 0 Å². The van der Waals surface area contributed by atoms with E-state index in [1.807, 2.05) is 0 Å². The molecule has 0 aliphatic rings. The molecule has 0 aliphatic carbocycles. The van der Waals surface area contributed by atoms with Crippen molar-refractivity contribution in [3.05, 3.63) is 100 Å². The smallest absolute Gasteiger partial charge is 0.285 e. The van der Waals surface area contributed by atoms with Crippen molar-refractivity contribution in [1.29, 1.82) is 0 Å². The highest BCUT2D eigenvalue weighted by Gasteiger charge is 2.37. The molecule has 0 bridgehead atoms. The molecule has 4 heterocycles. The molecule has 232 valence electrons. The minimum absolute atomic E-state index is 0.193. The first-order valence-electron chi connectivity index (χ1n) is 16.3. The van der Waals surface area contributed by atoms with Crippen LogP contribution in [-0.4, -0.2) is 35.5 Å². The lowest BCUT2D eigenvalue weighted by Gasteiger charge is -2.22. The van der Waals surface area contributed by atoms with Gasteiger partial charge in [-0.3, -0.25) is 8.80 Å². The van der Waals surface area contributed by atoms with E-state index < -0.39 is 0 Å². The number of fused-ring (bicyclic) bond motifs is 6. The predicted octanol–water partition coefficient (Wildman–Crippen LogP) is 6.73. The molecule has 6 nitrogen and oxygen atoms in total. The summed E-state index contributed by atoms with van der Waals surface area (Å²) in [6, 6.07) is 21.3. The van der Waals surface area contributed by atoms with Crippen molar-refractivity contribution in [2.45, 2.75) is 87.0 Å². The van der Waals surface area contributed by atoms with E-state index in [9.17, 15) is 0 Å². The van der Waals surface area contributed by atoms with E-state index in [2.05, 4.69) is 146 Å². The Morgan fingerprint density at radius 2 is 0.935 bits per heavy atom. The molecular formula is C39H43BN6. The summed E-state index contributed by atoms with van der Waals surface area (Å²) in [6.07, 6.45) is 0. The molecule has 46 heavy (non-hydrogen) atoms. The Labute approximate surface area is 272 Å². The molecule has 7 rings (SSSR count). The normalized spacial score (nSPS) is 12.7. The monoisotopic (exact) mass is 606 g/mol. The number of benzene rings is 3. The fraction of sp³-hybridized carbons (Fsp3) is 0.333. The molecule has 0 atom stereocenters. The molecule has 0 saturated carbocycles. The van der Waals surface area contributed by atoms with Crippen LogP contribution in [0.3, 0.4) is 0 Å². The maximum Gasteiger partial charge on any atom is 0.293 e. The van der Waals surface area contributed by atoms with Gasteiger partial charge in [-0.25, -0.2) is 19.9 Å². The van der Waals surface area contributed by atoms with Crippen molar-refractivity contribution in [1.82, 2.24) is 28.7 Å². The third-order valence-electron chi connectivity index (χ3n) is 9.37. The first-order chi connectivity index (χ1) is 21.7. The van der Waals surface area contributed by atoms with Gasteiger partial charge in [0.1, 0.15) is 22.9 Å². The number of aromatic nitrogens is 6. The lowest BCUT2D eigenvalue weighted by atomic mass is 9.38. The topological polar surface area (TPSA) is 60.4 Å². The maximum atomic E-state index is 5.58. The Morgan fingerprint density at radius 3 is 1.33 bits per heavy atom. The van der Waals surface area contributed by atoms with Gasteiger partial charge in [0, 0.05) is 44.2 Å². The molecule has 3 aromatic carbocycles. The van der Waals surface area contributed by atoms with Crippen molar-refractivity contribution in [2.24, 2.45) is 0 Å². The van der Waals surface area contributed by atoms with E-state index in [0.29, 0.717) is 0 Å². The fourth-order valence-electron chi connectivity index (χ4n) is 7.37. The summed E-state index contributed by atoms with van der Waals surface area (Å²) in [6.45, 7) is 24.2. The van der Waals surface area contributed by atoms with E-state index in [1.165, 1.54) is 22.2 Å². The SMILES string of the molecule is Cc1cc(C)c(B(c2nc3c4ccccc4nc(C(C)(C)C)n3c2C)c2nc3c4ccccc4nc(C(C)(C)C)n3c2C)c(C)c1. The molecule has 0 spiro atoms. The Kier molecular flexibility index (Phi) is 6.72. The van der Waals surface area contributed by atoms with Crippen LogP contribution in [0, 0.1) is 34.6 Å². The lowest BCUT2D eigenvalue weighted by molar-refractivity contribution is 0.537. The number of hydrogen-bond acceptors (Lipinski definition) is 4. The number of imidazole rings is 2. The van der Waals surface area contributed by atoms with E-state index >= 15 is 0 Å². The molecule has 0 radical (unpaired) electrons. The van der Waals surface area contributed by atoms with Crippen LogP contribution in [0.4, 0.5) is 0 Å². The van der Waals surface area contributed by atoms with E-state index in [4.69, 9.17) is 19.9 Å². The molecule has 4 aromatic heterocycles.